The molecule has 1 rings (SSSR count). The second kappa shape index (κ2) is 7.07. The summed E-state index contributed by atoms with van der Waals surface area (Å²) in [5.41, 5.74) is 6.34. The molecule has 0 saturated carbocycles. The number of hydrogen-bond acceptors (Lipinski definition) is 2. The van der Waals surface area contributed by atoms with Crippen molar-refractivity contribution in [2.24, 2.45) is 11.7 Å². The summed E-state index contributed by atoms with van der Waals surface area (Å²) in [5.74, 6) is 0.376. The molecule has 0 saturated heterocycles. The molecular formula is C14H22N2O. The van der Waals surface area contributed by atoms with Gasteiger partial charge in [0.2, 0.25) is 5.91 Å². The standard InChI is InChI=1S/C14H22N2O/c1-11(2)7-6-10-16-13(14(15)17)12-8-4-3-5-9-12/h3-5,8-9,11,13,16H,6-7,10H2,1-2H3,(H2,15,17). The zero-order chi connectivity index (χ0) is 12.7. The number of carbonyl (C=O) groups is 1. The summed E-state index contributed by atoms with van der Waals surface area (Å²) in [6.07, 6.45) is 2.22. The van der Waals surface area contributed by atoms with Crippen molar-refractivity contribution in [1.82, 2.24) is 5.32 Å². The molecule has 17 heavy (non-hydrogen) atoms. The van der Waals surface area contributed by atoms with E-state index in [2.05, 4.69) is 19.2 Å². The molecule has 0 fully saturated rings. The fourth-order valence-corrected chi connectivity index (χ4v) is 1.78. The molecule has 0 aliphatic heterocycles. The van der Waals surface area contributed by atoms with Crippen LogP contribution in [0.15, 0.2) is 30.3 Å². The first-order chi connectivity index (χ1) is 8.11. The summed E-state index contributed by atoms with van der Waals surface area (Å²) >= 11 is 0. The molecule has 0 aliphatic carbocycles. The third kappa shape index (κ3) is 5.00. The monoisotopic (exact) mass is 234 g/mol. The summed E-state index contributed by atoms with van der Waals surface area (Å²) in [6.45, 7) is 5.21. The van der Waals surface area contributed by atoms with Crippen LogP contribution in [0.1, 0.15) is 38.3 Å². The fourth-order valence-electron chi connectivity index (χ4n) is 1.78. The van der Waals surface area contributed by atoms with Crippen LogP contribution in [-0.4, -0.2) is 12.5 Å². The van der Waals surface area contributed by atoms with Crippen molar-refractivity contribution >= 4 is 5.91 Å². The number of amides is 1. The first kappa shape index (κ1) is 13.7. The minimum Gasteiger partial charge on any atom is -0.368 e. The second-order valence-electron chi connectivity index (χ2n) is 4.74. The number of nitrogens with two attached hydrogens (primary N) is 1. The molecule has 1 unspecified atom stereocenters. The maximum absolute atomic E-state index is 11.4. The second-order valence-corrected chi connectivity index (χ2v) is 4.74. The average Bonchev–Trinajstić information content (AvgIpc) is 2.29. The topological polar surface area (TPSA) is 55.1 Å². The van der Waals surface area contributed by atoms with Gasteiger partial charge in [0.05, 0.1) is 0 Å². The number of carbonyl (C=O) groups excluding carboxylic acids is 1. The van der Waals surface area contributed by atoms with Gasteiger partial charge in [-0.15, -0.1) is 0 Å². The zero-order valence-corrected chi connectivity index (χ0v) is 10.6. The minimum atomic E-state index is -0.372. The molecule has 1 aromatic carbocycles. The molecule has 0 spiro atoms. The van der Waals surface area contributed by atoms with Gasteiger partial charge in [-0.3, -0.25) is 4.79 Å². The third-order valence-electron chi connectivity index (χ3n) is 2.72. The van der Waals surface area contributed by atoms with Gasteiger partial charge in [0.1, 0.15) is 6.04 Å². The largest absolute Gasteiger partial charge is 0.368 e. The number of nitrogens with one attached hydrogen (secondary N) is 1. The average molecular weight is 234 g/mol. The quantitative estimate of drug-likeness (QED) is 0.711. The highest BCUT2D eigenvalue weighted by molar-refractivity contribution is 5.81. The number of hydrogen-bond donors (Lipinski definition) is 2. The summed E-state index contributed by atoms with van der Waals surface area (Å²) in [7, 11) is 0. The molecule has 0 heterocycles. The number of primary amides is 1. The normalized spacial score (nSPS) is 12.6. The minimum absolute atomic E-state index is 0.319. The van der Waals surface area contributed by atoms with Crippen LogP contribution in [0, 0.1) is 5.92 Å². The van der Waals surface area contributed by atoms with Crippen molar-refractivity contribution in [1.29, 1.82) is 0 Å². The lowest BCUT2D eigenvalue weighted by Crippen LogP contribution is -2.34. The fraction of sp³-hybridized carbons (Fsp3) is 0.500. The number of benzene rings is 1. The Kier molecular flexibility index (Phi) is 5.70. The van der Waals surface area contributed by atoms with E-state index in [1.807, 2.05) is 30.3 Å². The highest BCUT2D eigenvalue weighted by Gasteiger charge is 2.15. The number of rotatable bonds is 7. The molecular weight excluding hydrogens is 212 g/mol. The van der Waals surface area contributed by atoms with Crippen LogP contribution in [0.4, 0.5) is 0 Å². The van der Waals surface area contributed by atoms with Crippen LogP contribution >= 0.6 is 0 Å². The predicted molar refractivity (Wildman–Crippen MR) is 70.5 cm³/mol. The van der Waals surface area contributed by atoms with Gasteiger partial charge in [-0.1, -0.05) is 44.2 Å². The Morgan fingerprint density at radius 1 is 1.29 bits per heavy atom. The first-order valence-corrected chi connectivity index (χ1v) is 6.19. The maximum Gasteiger partial charge on any atom is 0.239 e. The SMILES string of the molecule is CC(C)CCCNC(C(N)=O)c1ccccc1. The van der Waals surface area contributed by atoms with Gasteiger partial charge in [0.15, 0.2) is 0 Å². The molecule has 3 heteroatoms. The van der Waals surface area contributed by atoms with Crippen molar-refractivity contribution in [3.05, 3.63) is 35.9 Å². The van der Waals surface area contributed by atoms with E-state index in [4.69, 9.17) is 5.73 Å². The Morgan fingerprint density at radius 2 is 1.94 bits per heavy atom. The van der Waals surface area contributed by atoms with Crippen molar-refractivity contribution in [3.63, 3.8) is 0 Å². The van der Waals surface area contributed by atoms with E-state index in [0.717, 1.165) is 24.9 Å². The van der Waals surface area contributed by atoms with Crippen molar-refractivity contribution in [2.45, 2.75) is 32.7 Å². The molecule has 3 nitrogen and oxygen atoms in total. The van der Waals surface area contributed by atoms with Gasteiger partial charge < -0.3 is 11.1 Å². The van der Waals surface area contributed by atoms with Gasteiger partial charge in [-0.05, 0) is 30.9 Å². The molecule has 0 radical (unpaired) electrons. The molecule has 3 N–H and O–H groups in total. The predicted octanol–water partition coefficient (Wildman–Crippen LogP) is 2.24. The summed E-state index contributed by atoms with van der Waals surface area (Å²) in [5, 5.41) is 3.22. The Balaban J connectivity index is 2.48. The first-order valence-electron chi connectivity index (χ1n) is 6.19. The lowest BCUT2D eigenvalue weighted by atomic mass is 10.1. The summed E-state index contributed by atoms with van der Waals surface area (Å²) < 4.78 is 0. The third-order valence-corrected chi connectivity index (χ3v) is 2.72. The van der Waals surface area contributed by atoms with Crippen LogP contribution in [0.2, 0.25) is 0 Å². The van der Waals surface area contributed by atoms with Crippen molar-refractivity contribution < 1.29 is 4.79 Å². The Labute approximate surface area is 103 Å². The highest BCUT2D eigenvalue weighted by Crippen LogP contribution is 2.12. The molecule has 0 aromatic heterocycles. The van der Waals surface area contributed by atoms with E-state index < -0.39 is 0 Å². The van der Waals surface area contributed by atoms with Gasteiger partial charge >= 0.3 is 0 Å². The molecule has 1 atom stereocenters. The Hall–Kier alpha value is -1.35. The smallest absolute Gasteiger partial charge is 0.239 e. The van der Waals surface area contributed by atoms with E-state index >= 15 is 0 Å². The van der Waals surface area contributed by atoms with E-state index in [-0.39, 0.29) is 11.9 Å². The zero-order valence-electron chi connectivity index (χ0n) is 10.6. The van der Waals surface area contributed by atoms with Crippen LogP contribution in [0.3, 0.4) is 0 Å². The van der Waals surface area contributed by atoms with E-state index in [9.17, 15) is 4.79 Å². The molecule has 0 bridgehead atoms. The molecule has 1 aromatic rings. The van der Waals surface area contributed by atoms with E-state index in [1.54, 1.807) is 0 Å². The van der Waals surface area contributed by atoms with Gasteiger partial charge in [-0.2, -0.15) is 0 Å². The van der Waals surface area contributed by atoms with Crippen LogP contribution in [0.5, 0.6) is 0 Å². The van der Waals surface area contributed by atoms with Crippen molar-refractivity contribution in [2.75, 3.05) is 6.54 Å². The molecule has 1 amide bonds. The van der Waals surface area contributed by atoms with Gasteiger partial charge in [0, 0.05) is 0 Å². The van der Waals surface area contributed by atoms with Crippen LogP contribution in [0.25, 0.3) is 0 Å². The highest BCUT2D eigenvalue weighted by atomic mass is 16.1. The van der Waals surface area contributed by atoms with Crippen LogP contribution < -0.4 is 11.1 Å². The lowest BCUT2D eigenvalue weighted by molar-refractivity contribution is -0.120. The lowest BCUT2D eigenvalue weighted by Gasteiger charge is -2.16. The van der Waals surface area contributed by atoms with Crippen LogP contribution in [-0.2, 0) is 4.79 Å². The maximum atomic E-state index is 11.4. The van der Waals surface area contributed by atoms with Gasteiger partial charge in [0.25, 0.3) is 0 Å². The van der Waals surface area contributed by atoms with E-state index in [0.29, 0.717) is 5.92 Å². The summed E-state index contributed by atoms with van der Waals surface area (Å²) in [6, 6.07) is 9.24. The Bertz CT molecular complexity index is 335. The van der Waals surface area contributed by atoms with Crippen molar-refractivity contribution in [3.8, 4) is 0 Å². The summed E-state index contributed by atoms with van der Waals surface area (Å²) in [4.78, 5) is 11.4. The Morgan fingerprint density at radius 3 is 2.47 bits per heavy atom. The van der Waals surface area contributed by atoms with Gasteiger partial charge in [-0.25, -0.2) is 0 Å². The van der Waals surface area contributed by atoms with E-state index in [1.165, 1.54) is 0 Å². The molecule has 94 valence electrons. The molecule has 0 aliphatic rings.